The lowest BCUT2D eigenvalue weighted by Gasteiger charge is -2.29. The Bertz CT molecular complexity index is 1380. The first-order chi connectivity index (χ1) is 16.8. The number of anilines is 1. The summed E-state index contributed by atoms with van der Waals surface area (Å²) in [7, 11) is 0. The van der Waals surface area contributed by atoms with Crippen LogP contribution in [0, 0.1) is 6.92 Å². The zero-order chi connectivity index (χ0) is 24.7. The highest BCUT2D eigenvalue weighted by Gasteiger charge is 2.39. The number of nitrogens with zero attached hydrogens (tertiary/aromatic N) is 4. The Morgan fingerprint density at radius 3 is 2.83 bits per heavy atom. The molecule has 0 spiro atoms. The summed E-state index contributed by atoms with van der Waals surface area (Å²) >= 11 is 6.19. The number of imide groups is 1. The fraction of sp³-hybridized carbons (Fsp3) is 0.250. The number of aryl methyl sites for hydroxylation is 1. The third-order valence-corrected chi connectivity index (χ3v) is 6.58. The molecule has 178 valence electrons. The van der Waals surface area contributed by atoms with Gasteiger partial charge in [0.2, 0.25) is 17.7 Å². The fourth-order valence-corrected chi connectivity index (χ4v) is 4.48. The van der Waals surface area contributed by atoms with Gasteiger partial charge < -0.3 is 10.2 Å². The van der Waals surface area contributed by atoms with Crippen LogP contribution in [0.15, 0.2) is 42.6 Å². The van der Waals surface area contributed by atoms with Crippen molar-refractivity contribution in [3.63, 3.8) is 0 Å². The van der Waals surface area contributed by atoms with E-state index in [1.807, 2.05) is 19.1 Å². The van der Waals surface area contributed by atoms with Crippen LogP contribution in [0.4, 0.5) is 5.69 Å². The minimum absolute atomic E-state index is 0.0823. The third kappa shape index (κ3) is 4.40. The number of nitrogens with one attached hydrogen (secondary N) is 2. The van der Waals surface area contributed by atoms with E-state index < -0.39 is 11.9 Å². The molecule has 3 heterocycles. The van der Waals surface area contributed by atoms with Gasteiger partial charge >= 0.3 is 0 Å². The van der Waals surface area contributed by atoms with E-state index in [1.54, 1.807) is 30.5 Å². The molecule has 0 aliphatic carbocycles. The van der Waals surface area contributed by atoms with E-state index in [2.05, 4.69) is 20.9 Å². The molecule has 0 radical (unpaired) electrons. The first kappa shape index (κ1) is 22.7. The highest BCUT2D eigenvalue weighted by atomic mass is 35.5. The van der Waals surface area contributed by atoms with Gasteiger partial charge in [-0.15, -0.1) is 5.10 Å². The van der Waals surface area contributed by atoms with Crippen molar-refractivity contribution in [2.24, 2.45) is 0 Å². The first-order valence-corrected chi connectivity index (χ1v) is 11.4. The molecule has 2 N–H and O–H groups in total. The summed E-state index contributed by atoms with van der Waals surface area (Å²) in [5, 5.41) is 13.9. The van der Waals surface area contributed by atoms with Crippen LogP contribution < -0.4 is 10.6 Å². The normalized spacial score (nSPS) is 17.4. The second-order valence-electron chi connectivity index (χ2n) is 8.55. The fourth-order valence-electron chi connectivity index (χ4n) is 4.30. The van der Waals surface area contributed by atoms with Crippen molar-refractivity contribution in [2.45, 2.75) is 38.9 Å². The lowest BCUT2D eigenvalue weighted by Crippen LogP contribution is -2.52. The van der Waals surface area contributed by atoms with Crippen molar-refractivity contribution >= 4 is 40.9 Å². The smallest absolute Gasteiger partial charge is 0.255 e. The predicted molar refractivity (Wildman–Crippen MR) is 126 cm³/mol. The summed E-state index contributed by atoms with van der Waals surface area (Å²) in [5.41, 5.74) is 3.87. The van der Waals surface area contributed by atoms with Gasteiger partial charge in [-0.1, -0.05) is 35.0 Å². The van der Waals surface area contributed by atoms with Crippen molar-refractivity contribution in [1.82, 2.24) is 25.2 Å². The number of benzene rings is 2. The molecule has 4 amide bonds. The Kier molecular flexibility index (Phi) is 5.81. The van der Waals surface area contributed by atoms with Crippen molar-refractivity contribution in [3.05, 3.63) is 64.3 Å². The van der Waals surface area contributed by atoms with Gasteiger partial charge in [0.25, 0.3) is 5.91 Å². The molecule has 1 fully saturated rings. The zero-order valence-electron chi connectivity index (χ0n) is 18.7. The topological polar surface area (TPSA) is 126 Å². The van der Waals surface area contributed by atoms with Gasteiger partial charge in [-0.3, -0.25) is 24.5 Å². The largest absolute Gasteiger partial charge is 0.324 e. The Labute approximate surface area is 205 Å². The molecule has 2 aliphatic rings. The highest BCUT2D eigenvalue weighted by molar-refractivity contribution is 6.31. The predicted octanol–water partition coefficient (Wildman–Crippen LogP) is 2.31. The van der Waals surface area contributed by atoms with Gasteiger partial charge in [0, 0.05) is 40.4 Å². The molecule has 1 saturated heterocycles. The van der Waals surface area contributed by atoms with Gasteiger partial charge in [-0.25, -0.2) is 4.68 Å². The standard InChI is InChI=1S/C24H21ClN6O4/c1-13-5-6-14(9-17(13)25)19-11-30(29-28-19)12-22(33)26-18-4-2-3-15-16(18)10-31(24(15)35)20-7-8-21(32)27-23(20)34/h2-6,9,11,20H,7-8,10,12H2,1H3,(H,26,33)(H,27,32,34). The van der Waals surface area contributed by atoms with E-state index in [4.69, 9.17) is 11.6 Å². The van der Waals surface area contributed by atoms with Crippen molar-refractivity contribution in [2.75, 3.05) is 5.32 Å². The average Bonchev–Trinajstić information content (AvgIpc) is 3.41. The lowest BCUT2D eigenvalue weighted by atomic mass is 10.0. The molecular weight excluding hydrogens is 472 g/mol. The van der Waals surface area contributed by atoms with Gasteiger partial charge in [-0.05, 0) is 37.1 Å². The average molecular weight is 493 g/mol. The molecule has 1 atom stereocenters. The number of hydrogen-bond donors (Lipinski definition) is 2. The minimum atomic E-state index is -0.722. The Morgan fingerprint density at radius 1 is 1.23 bits per heavy atom. The van der Waals surface area contributed by atoms with Crippen LogP contribution in [0.2, 0.25) is 5.02 Å². The molecule has 2 aliphatic heterocycles. The van der Waals surface area contributed by atoms with Gasteiger partial charge in [0.05, 0.1) is 6.20 Å². The maximum atomic E-state index is 13.0. The Balaban J connectivity index is 1.29. The first-order valence-electron chi connectivity index (χ1n) is 11.0. The summed E-state index contributed by atoms with van der Waals surface area (Å²) in [6.45, 7) is 1.99. The van der Waals surface area contributed by atoms with Crippen molar-refractivity contribution in [3.8, 4) is 11.3 Å². The summed E-state index contributed by atoms with van der Waals surface area (Å²) in [6.07, 6.45) is 2.10. The minimum Gasteiger partial charge on any atom is -0.324 e. The molecular formula is C24H21ClN6O4. The number of halogens is 1. The quantitative estimate of drug-likeness (QED) is 0.526. The summed E-state index contributed by atoms with van der Waals surface area (Å²) < 4.78 is 1.42. The Morgan fingerprint density at radius 2 is 2.06 bits per heavy atom. The molecule has 10 nitrogen and oxygen atoms in total. The molecule has 2 aromatic carbocycles. The highest BCUT2D eigenvalue weighted by Crippen LogP contribution is 2.32. The molecule has 3 aromatic rings. The van der Waals surface area contributed by atoms with Gasteiger partial charge in [-0.2, -0.15) is 0 Å². The maximum Gasteiger partial charge on any atom is 0.255 e. The van der Waals surface area contributed by atoms with E-state index in [0.29, 0.717) is 27.5 Å². The van der Waals surface area contributed by atoms with Crippen LogP contribution in [0.5, 0.6) is 0 Å². The second kappa shape index (κ2) is 8.95. The number of carbonyl (C=O) groups is 4. The van der Waals surface area contributed by atoms with Gasteiger partial charge in [0.1, 0.15) is 18.3 Å². The van der Waals surface area contributed by atoms with Crippen LogP contribution in [0.1, 0.15) is 34.3 Å². The maximum absolute atomic E-state index is 13.0. The van der Waals surface area contributed by atoms with Crippen molar-refractivity contribution < 1.29 is 19.2 Å². The van der Waals surface area contributed by atoms with Crippen LogP contribution in [0.3, 0.4) is 0 Å². The van der Waals surface area contributed by atoms with E-state index in [1.165, 1.54) is 9.58 Å². The van der Waals surface area contributed by atoms with Crippen LogP contribution in [-0.4, -0.2) is 49.6 Å². The molecule has 0 bridgehead atoms. The van der Waals surface area contributed by atoms with E-state index in [9.17, 15) is 19.2 Å². The monoisotopic (exact) mass is 492 g/mol. The van der Waals surface area contributed by atoms with Crippen molar-refractivity contribution in [1.29, 1.82) is 0 Å². The number of piperidine rings is 1. The number of fused-ring (bicyclic) bond motifs is 1. The molecule has 1 unspecified atom stereocenters. The van der Waals surface area contributed by atoms with Gasteiger partial charge in [0.15, 0.2) is 0 Å². The van der Waals surface area contributed by atoms with Crippen LogP contribution in [-0.2, 0) is 27.5 Å². The van der Waals surface area contributed by atoms with E-state index in [0.717, 1.165) is 11.1 Å². The van der Waals surface area contributed by atoms with Crippen LogP contribution in [0.25, 0.3) is 11.3 Å². The molecule has 35 heavy (non-hydrogen) atoms. The Hall–Kier alpha value is -4.05. The SMILES string of the molecule is Cc1ccc(-c2cn(CC(=O)Nc3cccc4c3CN(C3CCC(=O)NC3=O)C4=O)nn2)cc1Cl. The number of amides is 4. The number of aromatic nitrogens is 3. The van der Waals surface area contributed by atoms with E-state index in [-0.39, 0.29) is 43.7 Å². The summed E-state index contributed by atoms with van der Waals surface area (Å²) in [5.74, 6) is -1.47. The lowest BCUT2D eigenvalue weighted by molar-refractivity contribution is -0.137. The van der Waals surface area contributed by atoms with E-state index >= 15 is 0 Å². The molecule has 1 aromatic heterocycles. The third-order valence-electron chi connectivity index (χ3n) is 6.17. The molecule has 11 heteroatoms. The van der Waals surface area contributed by atoms with Crippen LogP contribution >= 0.6 is 11.6 Å². The number of rotatable bonds is 5. The summed E-state index contributed by atoms with van der Waals surface area (Å²) in [4.78, 5) is 50.9. The zero-order valence-corrected chi connectivity index (χ0v) is 19.5. The number of carbonyl (C=O) groups excluding carboxylic acids is 4. The molecule has 5 rings (SSSR count). The summed E-state index contributed by atoms with van der Waals surface area (Å²) in [6, 6.07) is 9.89. The molecule has 0 saturated carbocycles. The number of hydrogen-bond acceptors (Lipinski definition) is 6. The second-order valence-corrected chi connectivity index (χ2v) is 8.95.